The topological polar surface area (TPSA) is 35.6 Å². The first kappa shape index (κ1) is 11.9. The Morgan fingerprint density at radius 1 is 1.50 bits per heavy atom. The third-order valence-electron chi connectivity index (χ3n) is 3.63. The lowest BCUT2D eigenvalue weighted by molar-refractivity contribution is -0.132. The van der Waals surface area contributed by atoms with E-state index in [0.29, 0.717) is 12.6 Å². The predicted molar refractivity (Wildman–Crippen MR) is 64.3 cm³/mol. The van der Waals surface area contributed by atoms with E-state index in [9.17, 15) is 4.79 Å². The molecule has 2 aliphatic rings. The molecule has 0 aromatic rings. The standard InChI is InChI=1S/C12H23N3O/c1-10-7-13-5-6-15(10)9-12(16)14(2)8-11-3-4-11/h10-11,13H,3-9H2,1-2H3/t10-/m0/s1. The summed E-state index contributed by atoms with van der Waals surface area (Å²) >= 11 is 0. The third-order valence-corrected chi connectivity index (χ3v) is 3.63. The van der Waals surface area contributed by atoms with Crippen molar-refractivity contribution in [3.05, 3.63) is 0 Å². The Hall–Kier alpha value is -0.610. The largest absolute Gasteiger partial charge is 0.344 e. The first-order valence-corrected chi connectivity index (χ1v) is 6.35. The van der Waals surface area contributed by atoms with Gasteiger partial charge in [-0.2, -0.15) is 0 Å². The highest BCUT2D eigenvalue weighted by atomic mass is 16.2. The zero-order valence-corrected chi connectivity index (χ0v) is 10.4. The molecule has 0 aromatic carbocycles. The van der Waals surface area contributed by atoms with Crippen molar-refractivity contribution in [3.8, 4) is 0 Å². The molecular formula is C12H23N3O. The van der Waals surface area contributed by atoms with Crippen LogP contribution in [0.4, 0.5) is 0 Å². The second kappa shape index (κ2) is 5.15. The molecule has 1 aliphatic carbocycles. The molecule has 1 heterocycles. The molecule has 0 radical (unpaired) electrons. The number of hydrogen-bond donors (Lipinski definition) is 1. The summed E-state index contributed by atoms with van der Waals surface area (Å²) in [6.45, 7) is 6.72. The average molecular weight is 225 g/mol. The van der Waals surface area contributed by atoms with E-state index in [2.05, 4.69) is 17.1 Å². The van der Waals surface area contributed by atoms with Crippen LogP contribution in [0.5, 0.6) is 0 Å². The van der Waals surface area contributed by atoms with E-state index >= 15 is 0 Å². The van der Waals surface area contributed by atoms with Gasteiger partial charge in [-0.3, -0.25) is 9.69 Å². The van der Waals surface area contributed by atoms with E-state index in [0.717, 1.165) is 32.1 Å². The van der Waals surface area contributed by atoms with Gasteiger partial charge in [-0.1, -0.05) is 0 Å². The molecule has 16 heavy (non-hydrogen) atoms. The SMILES string of the molecule is C[C@H]1CNCCN1CC(=O)N(C)CC1CC1. The van der Waals surface area contributed by atoms with Gasteiger partial charge in [-0.05, 0) is 25.7 Å². The zero-order chi connectivity index (χ0) is 11.5. The lowest BCUT2D eigenvalue weighted by atomic mass is 10.2. The Balaban J connectivity index is 1.75. The van der Waals surface area contributed by atoms with Crippen LogP contribution in [0.3, 0.4) is 0 Å². The summed E-state index contributed by atoms with van der Waals surface area (Å²) in [5.74, 6) is 1.06. The third kappa shape index (κ3) is 3.19. The fourth-order valence-corrected chi connectivity index (χ4v) is 2.20. The molecule has 1 amide bonds. The number of nitrogens with zero attached hydrogens (tertiary/aromatic N) is 2. The molecule has 2 fully saturated rings. The Bertz CT molecular complexity index is 253. The van der Waals surface area contributed by atoms with Crippen molar-refractivity contribution in [2.75, 3.05) is 39.8 Å². The van der Waals surface area contributed by atoms with E-state index < -0.39 is 0 Å². The summed E-state index contributed by atoms with van der Waals surface area (Å²) in [6, 6.07) is 0.479. The number of likely N-dealkylation sites (N-methyl/N-ethyl adjacent to an activating group) is 1. The number of amides is 1. The van der Waals surface area contributed by atoms with Crippen molar-refractivity contribution >= 4 is 5.91 Å². The maximum absolute atomic E-state index is 12.0. The summed E-state index contributed by atoms with van der Waals surface area (Å²) in [7, 11) is 1.94. The summed E-state index contributed by atoms with van der Waals surface area (Å²) in [4.78, 5) is 16.2. The molecule has 0 unspecified atom stereocenters. The smallest absolute Gasteiger partial charge is 0.236 e. The second-order valence-electron chi connectivity index (χ2n) is 5.24. The monoisotopic (exact) mass is 225 g/mol. The van der Waals surface area contributed by atoms with E-state index in [1.165, 1.54) is 12.8 Å². The Morgan fingerprint density at radius 3 is 2.88 bits per heavy atom. The van der Waals surface area contributed by atoms with Crippen LogP contribution in [-0.2, 0) is 4.79 Å². The molecule has 4 heteroatoms. The van der Waals surface area contributed by atoms with Crippen LogP contribution < -0.4 is 5.32 Å². The quantitative estimate of drug-likeness (QED) is 0.740. The van der Waals surface area contributed by atoms with Crippen LogP contribution in [0, 0.1) is 5.92 Å². The van der Waals surface area contributed by atoms with Crippen molar-refractivity contribution < 1.29 is 4.79 Å². The molecule has 1 atom stereocenters. The second-order valence-corrected chi connectivity index (χ2v) is 5.24. The average Bonchev–Trinajstić information content (AvgIpc) is 3.05. The Labute approximate surface area is 98.0 Å². The van der Waals surface area contributed by atoms with E-state index in [1.807, 2.05) is 11.9 Å². The highest BCUT2D eigenvalue weighted by Crippen LogP contribution is 2.29. The van der Waals surface area contributed by atoms with E-state index in [4.69, 9.17) is 0 Å². The maximum Gasteiger partial charge on any atom is 0.236 e. The van der Waals surface area contributed by atoms with E-state index in [1.54, 1.807) is 0 Å². The molecule has 1 saturated carbocycles. The minimum absolute atomic E-state index is 0.278. The van der Waals surface area contributed by atoms with Crippen LogP contribution in [0.25, 0.3) is 0 Å². The van der Waals surface area contributed by atoms with Crippen LogP contribution in [0.2, 0.25) is 0 Å². The fraction of sp³-hybridized carbons (Fsp3) is 0.917. The lowest BCUT2D eigenvalue weighted by Gasteiger charge is -2.34. The van der Waals surface area contributed by atoms with Gasteiger partial charge in [0.15, 0.2) is 0 Å². The molecular weight excluding hydrogens is 202 g/mol. The number of hydrogen-bond acceptors (Lipinski definition) is 3. The van der Waals surface area contributed by atoms with Gasteiger partial charge >= 0.3 is 0 Å². The van der Waals surface area contributed by atoms with Gasteiger partial charge in [0, 0.05) is 39.3 Å². The van der Waals surface area contributed by atoms with Gasteiger partial charge in [-0.25, -0.2) is 0 Å². The summed E-state index contributed by atoms with van der Waals surface area (Å²) in [5, 5.41) is 3.34. The van der Waals surface area contributed by atoms with Gasteiger partial charge in [0.05, 0.1) is 6.54 Å². The van der Waals surface area contributed by atoms with Gasteiger partial charge in [0.1, 0.15) is 0 Å². The van der Waals surface area contributed by atoms with Crippen molar-refractivity contribution in [2.45, 2.75) is 25.8 Å². The molecule has 1 saturated heterocycles. The molecule has 4 nitrogen and oxygen atoms in total. The molecule has 92 valence electrons. The zero-order valence-electron chi connectivity index (χ0n) is 10.4. The van der Waals surface area contributed by atoms with Crippen molar-refractivity contribution in [1.82, 2.24) is 15.1 Å². The van der Waals surface area contributed by atoms with Crippen molar-refractivity contribution in [1.29, 1.82) is 0 Å². The van der Waals surface area contributed by atoms with Gasteiger partial charge in [0.2, 0.25) is 5.91 Å². The molecule has 1 aliphatic heterocycles. The number of rotatable bonds is 4. The normalized spacial score (nSPS) is 26.8. The molecule has 0 bridgehead atoms. The van der Waals surface area contributed by atoms with Gasteiger partial charge in [0.25, 0.3) is 0 Å². The van der Waals surface area contributed by atoms with Crippen molar-refractivity contribution in [3.63, 3.8) is 0 Å². The number of piperazine rings is 1. The number of nitrogens with one attached hydrogen (secondary N) is 1. The molecule has 0 spiro atoms. The molecule has 2 rings (SSSR count). The molecule has 0 aromatic heterocycles. The van der Waals surface area contributed by atoms with Crippen LogP contribution >= 0.6 is 0 Å². The first-order chi connectivity index (χ1) is 7.66. The highest BCUT2D eigenvalue weighted by Gasteiger charge is 2.26. The van der Waals surface area contributed by atoms with Gasteiger partial charge < -0.3 is 10.2 Å². The van der Waals surface area contributed by atoms with Crippen LogP contribution in [0.1, 0.15) is 19.8 Å². The number of carbonyl (C=O) groups is 1. The van der Waals surface area contributed by atoms with E-state index in [-0.39, 0.29) is 5.91 Å². The minimum atomic E-state index is 0.278. The maximum atomic E-state index is 12.0. The first-order valence-electron chi connectivity index (χ1n) is 6.35. The summed E-state index contributed by atoms with van der Waals surface area (Å²) in [5.41, 5.74) is 0. The number of carbonyl (C=O) groups excluding carboxylic acids is 1. The van der Waals surface area contributed by atoms with Crippen LogP contribution in [0.15, 0.2) is 0 Å². The lowest BCUT2D eigenvalue weighted by Crippen LogP contribution is -2.53. The Kier molecular flexibility index (Phi) is 3.82. The van der Waals surface area contributed by atoms with Crippen molar-refractivity contribution in [2.24, 2.45) is 5.92 Å². The Morgan fingerprint density at radius 2 is 2.25 bits per heavy atom. The molecule has 1 N–H and O–H groups in total. The summed E-state index contributed by atoms with van der Waals surface area (Å²) < 4.78 is 0. The summed E-state index contributed by atoms with van der Waals surface area (Å²) in [6.07, 6.45) is 2.61. The highest BCUT2D eigenvalue weighted by molar-refractivity contribution is 5.78. The fourth-order valence-electron chi connectivity index (χ4n) is 2.20. The van der Waals surface area contributed by atoms with Gasteiger partial charge in [-0.15, -0.1) is 0 Å². The van der Waals surface area contributed by atoms with Crippen LogP contribution in [-0.4, -0.2) is 61.5 Å². The predicted octanol–water partition coefficient (Wildman–Crippen LogP) is 0.149. The minimum Gasteiger partial charge on any atom is -0.344 e.